The Kier molecular flexibility index (Phi) is 5.48. The summed E-state index contributed by atoms with van der Waals surface area (Å²) in [5.41, 5.74) is 0. The Bertz CT molecular complexity index is 255. The minimum Gasteiger partial charge on any atom is -0.344 e. The molecule has 2 aliphatic carbocycles. The zero-order chi connectivity index (χ0) is 12.8. The molecule has 0 atom stereocenters. The fourth-order valence-corrected chi connectivity index (χ4v) is 3.36. The summed E-state index contributed by atoms with van der Waals surface area (Å²) in [7, 11) is 1.97. The van der Waals surface area contributed by atoms with Crippen LogP contribution in [-0.4, -0.2) is 37.0 Å². The van der Waals surface area contributed by atoms with Crippen molar-refractivity contribution in [3.05, 3.63) is 0 Å². The number of hydrogen-bond donors (Lipinski definition) is 1. The van der Waals surface area contributed by atoms with Crippen molar-refractivity contribution in [1.82, 2.24) is 10.2 Å². The third-order valence-electron chi connectivity index (χ3n) is 4.58. The maximum atomic E-state index is 12.0. The van der Waals surface area contributed by atoms with E-state index in [1.165, 1.54) is 57.8 Å². The van der Waals surface area contributed by atoms with E-state index in [9.17, 15) is 4.79 Å². The summed E-state index contributed by atoms with van der Waals surface area (Å²) in [4.78, 5) is 14.0. The summed E-state index contributed by atoms with van der Waals surface area (Å²) in [6, 6.07) is 0.594. The molecule has 3 heteroatoms. The molecule has 2 fully saturated rings. The number of likely N-dealkylation sites (N-methyl/N-ethyl adjacent to an activating group) is 1. The summed E-state index contributed by atoms with van der Waals surface area (Å²) in [5, 5.41) is 3.41. The van der Waals surface area contributed by atoms with Gasteiger partial charge in [-0.3, -0.25) is 4.79 Å². The van der Waals surface area contributed by atoms with E-state index in [0.29, 0.717) is 12.6 Å². The van der Waals surface area contributed by atoms with Crippen LogP contribution in [0.3, 0.4) is 0 Å². The predicted molar refractivity (Wildman–Crippen MR) is 74.5 cm³/mol. The molecule has 2 aliphatic rings. The zero-order valence-electron chi connectivity index (χ0n) is 11.8. The molecule has 1 N–H and O–H groups in total. The van der Waals surface area contributed by atoms with Crippen molar-refractivity contribution in [3.8, 4) is 0 Å². The van der Waals surface area contributed by atoms with E-state index in [0.717, 1.165) is 12.5 Å². The number of carbonyl (C=O) groups excluding carboxylic acids is 1. The number of nitrogens with zero attached hydrogens (tertiary/aromatic N) is 1. The second-order valence-electron chi connectivity index (χ2n) is 6.14. The average Bonchev–Trinajstić information content (AvgIpc) is 2.90. The molecular formula is C15H28N2O. The second-order valence-corrected chi connectivity index (χ2v) is 6.14. The Balaban J connectivity index is 1.63. The van der Waals surface area contributed by atoms with Crippen LogP contribution in [0, 0.1) is 5.92 Å². The first-order valence-electron chi connectivity index (χ1n) is 7.73. The smallest absolute Gasteiger partial charge is 0.236 e. The zero-order valence-corrected chi connectivity index (χ0v) is 11.8. The molecule has 0 aromatic carbocycles. The fourth-order valence-electron chi connectivity index (χ4n) is 3.36. The van der Waals surface area contributed by atoms with E-state index in [-0.39, 0.29) is 5.91 Å². The lowest BCUT2D eigenvalue weighted by Crippen LogP contribution is -2.41. The molecule has 0 saturated heterocycles. The number of rotatable bonds is 5. The first kappa shape index (κ1) is 13.9. The first-order chi connectivity index (χ1) is 8.75. The molecule has 0 bridgehead atoms. The molecule has 0 unspecified atom stereocenters. The Labute approximate surface area is 111 Å². The molecule has 0 heterocycles. The summed E-state index contributed by atoms with van der Waals surface area (Å²) in [6.45, 7) is 1.50. The molecular weight excluding hydrogens is 224 g/mol. The van der Waals surface area contributed by atoms with Gasteiger partial charge in [0, 0.05) is 19.6 Å². The summed E-state index contributed by atoms with van der Waals surface area (Å²) in [5.74, 6) is 1.02. The Morgan fingerprint density at radius 3 is 2.33 bits per heavy atom. The highest BCUT2D eigenvalue weighted by Crippen LogP contribution is 2.24. The van der Waals surface area contributed by atoms with Gasteiger partial charge in [-0.25, -0.2) is 0 Å². The molecule has 104 valence electrons. The summed E-state index contributed by atoms with van der Waals surface area (Å²) in [6.07, 6.45) is 11.9. The molecule has 0 radical (unpaired) electrons. The third-order valence-corrected chi connectivity index (χ3v) is 4.58. The molecule has 1 amide bonds. The predicted octanol–water partition coefficient (Wildman–Crippen LogP) is 2.56. The van der Waals surface area contributed by atoms with Crippen molar-refractivity contribution in [2.24, 2.45) is 5.92 Å². The monoisotopic (exact) mass is 252 g/mol. The highest BCUT2D eigenvalue weighted by Gasteiger charge is 2.20. The van der Waals surface area contributed by atoms with E-state index < -0.39 is 0 Å². The van der Waals surface area contributed by atoms with E-state index in [4.69, 9.17) is 0 Å². The SMILES string of the molecule is CN(CC1CCCCC1)C(=O)CNC1CCCC1. The van der Waals surface area contributed by atoms with Gasteiger partial charge in [-0.1, -0.05) is 32.1 Å². The fraction of sp³-hybridized carbons (Fsp3) is 0.933. The summed E-state index contributed by atoms with van der Waals surface area (Å²) >= 11 is 0. The van der Waals surface area contributed by atoms with Crippen LogP contribution in [0.4, 0.5) is 0 Å². The number of amides is 1. The lowest BCUT2D eigenvalue weighted by Gasteiger charge is -2.27. The number of carbonyl (C=O) groups is 1. The van der Waals surface area contributed by atoms with Crippen molar-refractivity contribution in [3.63, 3.8) is 0 Å². The molecule has 18 heavy (non-hydrogen) atoms. The molecule has 0 aromatic heterocycles. The van der Waals surface area contributed by atoms with Crippen LogP contribution in [0.25, 0.3) is 0 Å². The minimum absolute atomic E-state index is 0.271. The van der Waals surface area contributed by atoms with Crippen LogP contribution in [-0.2, 0) is 4.79 Å². The van der Waals surface area contributed by atoms with Gasteiger partial charge in [0.15, 0.2) is 0 Å². The van der Waals surface area contributed by atoms with Crippen LogP contribution >= 0.6 is 0 Å². The highest BCUT2D eigenvalue weighted by molar-refractivity contribution is 5.78. The Hall–Kier alpha value is -0.570. The van der Waals surface area contributed by atoms with E-state index in [2.05, 4.69) is 5.32 Å². The highest BCUT2D eigenvalue weighted by atomic mass is 16.2. The summed E-state index contributed by atoms with van der Waals surface area (Å²) < 4.78 is 0. The largest absolute Gasteiger partial charge is 0.344 e. The second kappa shape index (κ2) is 7.13. The molecule has 2 rings (SSSR count). The van der Waals surface area contributed by atoms with Gasteiger partial charge >= 0.3 is 0 Å². The maximum absolute atomic E-state index is 12.0. The lowest BCUT2D eigenvalue weighted by atomic mass is 9.89. The van der Waals surface area contributed by atoms with E-state index >= 15 is 0 Å². The van der Waals surface area contributed by atoms with Crippen molar-refractivity contribution in [1.29, 1.82) is 0 Å². The third kappa shape index (κ3) is 4.27. The van der Waals surface area contributed by atoms with Gasteiger partial charge in [0.05, 0.1) is 6.54 Å². The van der Waals surface area contributed by atoms with Crippen LogP contribution in [0.1, 0.15) is 57.8 Å². The van der Waals surface area contributed by atoms with Crippen LogP contribution in [0.2, 0.25) is 0 Å². The first-order valence-corrected chi connectivity index (χ1v) is 7.73. The average molecular weight is 252 g/mol. The Morgan fingerprint density at radius 1 is 1.06 bits per heavy atom. The van der Waals surface area contributed by atoms with Gasteiger partial charge in [-0.05, 0) is 31.6 Å². The van der Waals surface area contributed by atoms with Gasteiger partial charge in [-0.15, -0.1) is 0 Å². The number of nitrogens with one attached hydrogen (secondary N) is 1. The van der Waals surface area contributed by atoms with Crippen LogP contribution in [0.5, 0.6) is 0 Å². The standard InChI is InChI=1S/C15H28N2O/c1-17(12-13-7-3-2-4-8-13)15(18)11-16-14-9-5-6-10-14/h13-14,16H,2-12H2,1H3. The molecule has 0 aromatic rings. The van der Waals surface area contributed by atoms with Gasteiger partial charge in [0.1, 0.15) is 0 Å². The van der Waals surface area contributed by atoms with E-state index in [1.807, 2.05) is 11.9 Å². The van der Waals surface area contributed by atoms with Gasteiger partial charge in [0.2, 0.25) is 5.91 Å². The van der Waals surface area contributed by atoms with Crippen molar-refractivity contribution >= 4 is 5.91 Å². The van der Waals surface area contributed by atoms with Crippen molar-refractivity contribution < 1.29 is 4.79 Å². The molecule has 0 spiro atoms. The molecule has 3 nitrogen and oxygen atoms in total. The molecule has 2 saturated carbocycles. The quantitative estimate of drug-likeness (QED) is 0.815. The van der Waals surface area contributed by atoms with Gasteiger partial charge in [-0.2, -0.15) is 0 Å². The lowest BCUT2D eigenvalue weighted by molar-refractivity contribution is -0.129. The number of hydrogen-bond acceptors (Lipinski definition) is 2. The van der Waals surface area contributed by atoms with Crippen molar-refractivity contribution in [2.45, 2.75) is 63.8 Å². The maximum Gasteiger partial charge on any atom is 0.236 e. The van der Waals surface area contributed by atoms with Crippen molar-refractivity contribution in [2.75, 3.05) is 20.1 Å². The minimum atomic E-state index is 0.271. The Morgan fingerprint density at radius 2 is 1.67 bits per heavy atom. The van der Waals surface area contributed by atoms with Crippen LogP contribution in [0.15, 0.2) is 0 Å². The van der Waals surface area contributed by atoms with Gasteiger partial charge in [0.25, 0.3) is 0 Å². The van der Waals surface area contributed by atoms with E-state index in [1.54, 1.807) is 0 Å². The molecule has 0 aliphatic heterocycles. The van der Waals surface area contributed by atoms with Gasteiger partial charge < -0.3 is 10.2 Å². The normalized spacial score (nSPS) is 22.3. The van der Waals surface area contributed by atoms with Crippen LogP contribution < -0.4 is 5.32 Å². The topological polar surface area (TPSA) is 32.3 Å².